The van der Waals surface area contributed by atoms with Crippen LogP contribution in [-0.2, 0) is 125 Å². The predicted molar refractivity (Wildman–Crippen MR) is 498 cm³/mol. The summed E-state index contributed by atoms with van der Waals surface area (Å²) < 4.78 is 0. The van der Waals surface area contributed by atoms with Gasteiger partial charge in [-0.05, 0) is 248 Å². The molecule has 0 heterocycles. The first-order valence-electron chi connectivity index (χ1n) is 35.6. The summed E-state index contributed by atoms with van der Waals surface area (Å²) in [7, 11) is 59.2. The number of phenolic OH excluding ortho intramolecular Hbond substituents is 6. The van der Waals surface area contributed by atoms with Gasteiger partial charge in [-0.2, -0.15) is 0 Å². The summed E-state index contributed by atoms with van der Waals surface area (Å²) in [6.07, 6.45) is 10.1. The topological polar surface area (TPSA) is 196 Å². The van der Waals surface area contributed by atoms with Gasteiger partial charge in [-0.1, -0.05) is 157 Å². The maximum atomic E-state index is 9.89. The van der Waals surface area contributed by atoms with E-state index in [0.717, 1.165) is 101 Å². The van der Waals surface area contributed by atoms with E-state index in [4.69, 9.17) is 102 Å². The van der Waals surface area contributed by atoms with Crippen LogP contribution in [0.15, 0.2) is 285 Å². The van der Waals surface area contributed by atoms with Crippen molar-refractivity contribution < 1.29 is 156 Å². The standard InChI is InChI=1S/2C16H17NO.2C15H15NO.2C14H13NO.12ClH.6Zr/c2*1-11-7-12(2)9-15(8-11)17-10-14-6-4-5-13(3)16(14)18;2*1-11-6-8-14(9-7-11)16-10-13-5-3-4-12(2)15(13)17;2*1-11-6-5-7-12(14(11)16)10-15-13-8-3-2-4-9-13;;;;;;;;;;;;;;;;;;/h2*4-10,18H,1-3H3;2*3-10,17H,1-2H3;2*2-10,16H,1H3;12*1H;;;;;;/q;;;;;;;;;;;;;;;;;;6*+2/p-12. The van der Waals surface area contributed by atoms with Crippen LogP contribution in [0.5, 0.6) is 34.5 Å². The fourth-order valence-corrected chi connectivity index (χ4v) is 9.92. The van der Waals surface area contributed by atoms with E-state index in [-0.39, 0.29) is 0 Å². The summed E-state index contributed by atoms with van der Waals surface area (Å²) >= 11 is -4.95. The number of hydrogen-bond acceptors (Lipinski definition) is 12. The van der Waals surface area contributed by atoms with E-state index in [9.17, 15) is 30.6 Å². The number of halogens is 12. The van der Waals surface area contributed by atoms with Crippen molar-refractivity contribution in [3.63, 3.8) is 0 Å². The summed E-state index contributed by atoms with van der Waals surface area (Å²) in [5, 5.41) is 59.0. The Bertz CT molecular complexity index is 4730. The van der Waals surface area contributed by atoms with Crippen molar-refractivity contribution >= 4 is 174 Å². The number of aromatic hydroxyl groups is 6. The van der Waals surface area contributed by atoms with Gasteiger partial charge in [0.1, 0.15) is 34.5 Å². The van der Waals surface area contributed by atoms with Gasteiger partial charge in [0.05, 0.1) is 34.1 Å². The summed E-state index contributed by atoms with van der Waals surface area (Å²) in [5.41, 5.74) is 22.1. The normalized spacial score (nSPS) is 10.0. The molecular weight excluding hydrogens is 2230 g/mol. The zero-order valence-electron chi connectivity index (χ0n) is 67.6. The monoisotopic (exact) mass is 2310 g/mol. The van der Waals surface area contributed by atoms with Crippen molar-refractivity contribution in [1.82, 2.24) is 0 Å². The van der Waals surface area contributed by atoms with Crippen LogP contribution in [0.2, 0.25) is 0 Å². The van der Waals surface area contributed by atoms with Crippen LogP contribution in [-0.4, -0.2) is 67.9 Å². The summed E-state index contributed by atoms with van der Waals surface area (Å²) in [5.74, 6) is 1.77. The Balaban J connectivity index is 0.000000691. The van der Waals surface area contributed by atoms with Crippen molar-refractivity contribution in [3.05, 3.63) is 355 Å². The number of nitrogens with zero attached hydrogens (tertiary/aromatic N) is 6. The van der Waals surface area contributed by atoms with E-state index < -0.39 is 125 Å². The molecule has 12 aromatic rings. The van der Waals surface area contributed by atoms with Crippen molar-refractivity contribution in [3.8, 4) is 34.5 Å². The molecule has 0 saturated carbocycles. The average Bonchev–Trinajstić information content (AvgIpc) is 0.764. The number of rotatable bonds is 12. The molecule has 12 nitrogen and oxygen atoms in total. The molecule has 0 atom stereocenters. The molecule has 0 aliphatic heterocycles. The second-order valence-corrected chi connectivity index (χ2v) is 47.5. The maximum absolute atomic E-state index is 9.89. The Hall–Kier alpha value is -3.76. The molecular formula is C90H90Cl12N6O6Zr6. The molecule has 0 spiro atoms. The predicted octanol–water partition coefficient (Wildman–Crippen LogP) is 30.8. The van der Waals surface area contributed by atoms with Crippen LogP contribution in [0.4, 0.5) is 34.1 Å². The Morgan fingerprint density at radius 1 is 0.183 bits per heavy atom. The van der Waals surface area contributed by atoms with Crippen molar-refractivity contribution in [2.24, 2.45) is 30.0 Å². The summed E-state index contributed by atoms with van der Waals surface area (Å²) in [6, 6.07) is 81.3. The second kappa shape index (κ2) is 70.3. The zero-order valence-corrected chi connectivity index (χ0v) is 91.4. The van der Waals surface area contributed by atoms with Gasteiger partial charge in [-0.25, -0.2) is 0 Å². The minimum absolute atomic E-state index is 0.294. The molecule has 0 aromatic heterocycles. The molecule has 0 aliphatic carbocycles. The Kier molecular flexibility index (Phi) is 67.0. The third-order valence-corrected chi connectivity index (χ3v) is 15.7. The van der Waals surface area contributed by atoms with Gasteiger partial charge < -0.3 is 30.6 Å². The molecule has 30 heteroatoms. The second-order valence-electron chi connectivity index (χ2n) is 25.1. The van der Waals surface area contributed by atoms with Crippen molar-refractivity contribution in [2.75, 3.05) is 0 Å². The summed E-state index contributed by atoms with van der Waals surface area (Å²) in [6.45, 7) is 23.5. The molecule has 12 aromatic carbocycles. The van der Waals surface area contributed by atoms with E-state index in [1.807, 2.05) is 298 Å². The average molecular weight is 2320 g/mol. The van der Waals surface area contributed by atoms with Gasteiger partial charge in [-0.3, -0.25) is 30.0 Å². The van der Waals surface area contributed by atoms with Gasteiger partial charge in [0.15, 0.2) is 0 Å². The van der Waals surface area contributed by atoms with Gasteiger partial charge in [0, 0.05) is 70.7 Å². The Labute approximate surface area is 819 Å². The third kappa shape index (κ3) is 50.5. The number of aliphatic imine (C=N–C) groups is 6. The fourth-order valence-electron chi connectivity index (χ4n) is 9.92. The number of benzene rings is 12. The Morgan fingerprint density at radius 2 is 0.342 bits per heavy atom. The number of hydrogen-bond donors (Lipinski definition) is 6. The number of phenols is 6. The SMILES string of the molecule is Cc1cc(C)cc(N=Cc2cccc(C)c2O)c1.Cc1cc(C)cc(N=Cc2cccc(C)c2O)c1.Cc1ccc(N=Cc2cccc(C)c2O)cc1.Cc1ccc(N=Cc2cccc(C)c2O)cc1.Cc1cccc(C=Nc2ccccc2)c1O.Cc1cccc(C=Nc2ccccc2)c1O.[Cl][Zr][Cl].[Cl][Zr][Cl].[Cl][Zr][Cl].[Cl][Zr][Cl].[Cl][Zr][Cl].[Cl][Zr][Cl]. The van der Waals surface area contributed by atoms with Crippen LogP contribution in [0.3, 0.4) is 0 Å². The molecule has 624 valence electrons. The quantitative estimate of drug-likeness (QED) is 0.0658. The summed E-state index contributed by atoms with van der Waals surface area (Å²) in [4.78, 5) is 26.1. The number of aryl methyl sites for hydroxylation is 12. The first-order chi connectivity index (χ1) is 57.5. The van der Waals surface area contributed by atoms with Crippen molar-refractivity contribution in [1.29, 1.82) is 0 Å². The van der Waals surface area contributed by atoms with E-state index in [2.05, 4.69) is 69.8 Å². The van der Waals surface area contributed by atoms with Crippen LogP contribution < -0.4 is 0 Å². The minimum atomic E-state index is -0.826. The van der Waals surface area contributed by atoms with E-state index >= 15 is 0 Å². The van der Waals surface area contributed by atoms with Crippen LogP contribution in [0.1, 0.15) is 100 Å². The van der Waals surface area contributed by atoms with Gasteiger partial charge in [-0.15, -0.1) is 0 Å². The van der Waals surface area contributed by atoms with E-state index in [1.54, 1.807) is 37.3 Å². The molecule has 0 fully saturated rings. The Morgan fingerprint density at radius 3 is 0.517 bits per heavy atom. The molecule has 0 radical (unpaired) electrons. The van der Waals surface area contributed by atoms with Crippen LogP contribution in [0, 0.1) is 83.1 Å². The van der Waals surface area contributed by atoms with Gasteiger partial charge in [0.25, 0.3) is 0 Å². The molecule has 0 amide bonds. The molecule has 0 aliphatic rings. The third-order valence-electron chi connectivity index (χ3n) is 15.7. The molecule has 6 N–H and O–H groups in total. The van der Waals surface area contributed by atoms with E-state index in [0.29, 0.717) is 34.5 Å². The first kappa shape index (κ1) is 114. The molecule has 120 heavy (non-hydrogen) atoms. The van der Waals surface area contributed by atoms with Gasteiger partial charge >= 0.3 is 227 Å². The van der Waals surface area contributed by atoms with Crippen LogP contribution in [0.25, 0.3) is 0 Å². The van der Waals surface area contributed by atoms with E-state index in [1.165, 1.54) is 33.4 Å². The fraction of sp³-hybridized carbons (Fsp3) is 0.133. The zero-order chi connectivity index (χ0) is 89.7. The molecule has 0 saturated heterocycles. The van der Waals surface area contributed by atoms with Crippen molar-refractivity contribution in [2.45, 2.75) is 83.1 Å². The molecule has 0 bridgehead atoms. The molecule has 0 unspecified atom stereocenters. The van der Waals surface area contributed by atoms with Crippen LogP contribution >= 0.6 is 102 Å². The van der Waals surface area contributed by atoms with Gasteiger partial charge in [0.2, 0.25) is 0 Å². The first-order valence-corrected chi connectivity index (χ1v) is 73.6. The number of para-hydroxylation sites is 8. The molecule has 12 rings (SSSR count).